The predicted octanol–water partition coefficient (Wildman–Crippen LogP) is 0.584. The van der Waals surface area contributed by atoms with Gasteiger partial charge in [-0.3, -0.25) is 24.7 Å². The fraction of sp³-hybridized carbons (Fsp3) is 0.636. The molecule has 0 radical (unpaired) electrons. The molecule has 0 aromatic heterocycles. The molecule has 3 heterocycles. The van der Waals surface area contributed by atoms with Gasteiger partial charge in [-0.1, -0.05) is 12.1 Å². The van der Waals surface area contributed by atoms with E-state index < -0.39 is 6.17 Å². The third-order valence-corrected chi connectivity index (χ3v) is 6.01. The van der Waals surface area contributed by atoms with E-state index in [2.05, 4.69) is 25.8 Å². The zero-order valence-electron chi connectivity index (χ0n) is 18.0. The van der Waals surface area contributed by atoms with Gasteiger partial charge in [0.25, 0.3) is 0 Å². The summed E-state index contributed by atoms with van der Waals surface area (Å²) in [6, 6.07) is 7.48. The maximum absolute atomic E-state index is 12.7. The van der Waals surface area contributed by atoms with Gasteiger partial charge >= 0.3 is 0 Å². The third kappa shape index (κ3) is 6.39. The van der Waals surface area contributed by atoms with Gasteiger partial charge in [0.2, 0.25) is 11.8 Å². The summed E-state index contributed by atoms with van der Waals surface area (Å²) in [6.45, 7) is 6.65. The maximum atomic E-state index is 12.7. The average molecular weight is 432 g/mol. The van der Waals surface area contributed by atoms with Crippen molar-refractivity contribution < 1.29 is 19.1 Å². The Hall–Kier alpha value is -2.20. The summed E-state index contributed by atoms with van der Waals surface area (Å²) in [4.78, 5) is 29.5. The standard InChI is InChI=1S/C22H33N5O4/c28-21(15-19-24-20(16-22(29)25-19)27-10-12-30-13-11-27)23-17-5-1-2-6-18(17)31-14-9-26-7-3-4-8-26/h1-2,5-6,19-20,24H,3-4,7-16H2,(H,23,28)(H,25,29). The van der Waals surface area contributed by atoms with E-state index in [1.165, 1.54) is 12.8 Å². The number of morpholine rings is 1. The summed E-state index contributed by atoms with van der Waals surface area (Å²) < 4.78 is 11.3. The summed E-state index contributed by atoms with van der Waals surface area (Å²) in [6.07, 6.45) is 2.56. The number of benzene rings is 1. The van der Waals surface area contributed by atoms with E-state index in [4.69, 9.17) is 9.47 Å². The Labute approximate surface area is 183 Å². The lowest BCUT2D eigenvalue weighted by Crippen LogP contribution is -2.63. The lowest BCUT2D eigenvalue weighted by molar-refractivity contribution is -0.128. The Kier molecular flexibility index (Phi) is 7.74. The van der Waals surface area contributed by atoms with Crippen LogP contribution in [0.1, 0.15) is 25.7 Å². The second-order valence-corrected chi connectivity index (χ2v) is 8.30. The summed E-state index contributed by atoms with van der Waals surface area (Å²) in [5.74, 6) is 0.455. The van der Waals surface area contributed by atoms with Crippen molar-refractivity contribution in [2.45, 2.75) is 38.0 Å². The van der Waals surface area contributed by atoms with E-state index in [1.54, 1.807) is 0 Å². The van der Waals surface area contributed by atoms with E-state index in [0.29, 0.717) is 37.7 Å². The zero-order valence-corrected chi connectivity index (χ0v) is 18.0. The molecule has 170 valence electrons. The number of rotatable bonds is 8. The number of anilines is 1. The van der Waals surface area contributed by atoms with E-state index in [9.17, 15) is 9.59 Å². The highest BCUT2D eigenvalue weighted by Gasteiger charge is 2.31. The highest BCUT2D eigenvalue weighted by molar-refractivity contribution is 5.93. The first kappa shape index (κ1) is 22.0. The Balaban J connectivity index is 1.28. The van der Waals surface area contributed by atoms with Crippen molar-refractivity contribution in [3.63, 3.8) is 0 Å². The van der Waals surface area contributed by atoms with Gasteiger partial charge in [-0.25, -0.2) is 0 Å². The lowest BCUT2D eigenvalue weighted by Gasteiger charge is -2.40. The number of ether oxygens (including phenoxy) is 2. The molecule has 3 fully saturated rings. The fourth-order valence-corrected chi connectivity index (χ4v) is 4.37. The molecular weight excluding hydrogens is 398 g/mol. The van der Waals surface area contributed by atoms with Gasteiger partial charge in [-0.2, -0.15) is 0 Å². The number of para-hydroxylation sites is 2. The van der Waals surface area contributed by atoms with Crippen LogP contribution in [-0.2, 0) is 14.3 Å². The molecule has 9 nitrogen and oxygen atoms in total. The van der Waals surface area contributed by atoms with Crippen LogP contribution in [0.25, 0.3) is 0 Å². The first-order valence-corrected chi connectivity index (χ1v) is 11.3. The van der Waals surface area contributed by atoms with Crippen molar-refractivity contribution in [1.82, 2.24) is 20.4 Å². The molecule has 2 unspecified atom stereocenters. The van der Waals surface area contributed by atoms with Gasteiger partial charge in [-0.05, 0) is 38.1 Å². The van der Waals surface area contributed by atoms with Crippen molar-refractivity contribution in [2.75, 3.05) is 57.9 Å². The van der Waals surface area contributed by atoms with Crippen LogP contribution in [0.2, 0.25) is 0 Å². The molecule has 4 rings (SSSR count). The largest absolute Gasteiger partial charge is 0.490 e. The van der Waals surface area contributed by atoms with Gasteiger partial charge in [0.1, 0.15) is 12.4 Å². The van der Waals surface area contributed by atoms with Crippen LogP contribution in [-0.4, -0.2) is 86.5 Å². The summed E-state index contributed by atoms with van der Waals surface area (Å²) in [5.41, 5.74) is 0.654. The molecule has 3 saturated heterocycles. The van der Waals surface area contributed by atoms with Crippen LogP contribution in [0.5, 0.6) is 5.75 Å². The molecule has 3 N–H and O–H groups in total. The number of hydrogen-bond acceptors (Lipinski definition) is 7. The van der Waals surface area contributed by atoms with Crippen molar-refractivity contribution in [1.29, 1.82) is 0 Å². The number of carbonyl (C=O) groups excluding carboxylic acids is 2. The molecule has 3 aliphatic rings. The Morgan fingerprint density at radius 3 is 2.74 bits per heavy atom. The van der Waals surface area contributed by atoms with Crippen molar-refractivity contribution in [3.8, 4) is 5.75 Å². The SMILES string of the molecule is O=C(CC1NC(=O)CC(N2CCOCC2)N1)Nc1ccccc1OCCN1CCCC1. The van der Waals surface area contributed by atoms with Gasteiger partial charge in [0, 0.05) is 19.6 Å². The van der Waals surface area contributed by atoms with Gasteiger partial charge in [-0.15, -0.1) is 0 Å². The zero-order chi connectivity index (χ0) is 21.5. The predicted molar refractivity (Wildman–Crippen MR) is 117 cm³/mol. The number of likely N-dealkylation sites (tertiary alicyclic amines) is 1. The average Bonchev–Trinajstić information content (AvgIpc) is 3.29. The molecule has 2 atom stereocenters. The van der Waals surface area contributed by atoms with Crippen molar-refractivity contribution >= 4 is 17.5 Å². The maximum Gasteiger partial charge on any atom is 0.227 e. The second kappa shape index (κ2) is 10.9. The first-order chi connectivity index (χ1) is 15.2. The summed E-state index contributed by atoms with van der Waals surface area (Å²) in [7, 11) is 0. The van der Waals surface area contributed by atoms with Gasteiger partial charge in [0.05, 0.1) is 44.1 Å². The second-order valence-electron chi connectivity index (χ2n) is 8.30. The van der Waals surface area contributed by atoms with Crippen LogP contribution in [0.3, 0.4) is 0 Å². The minimum absolute atomic E-state index is 0.0429. The van der Waals surface area contributed by atoms with Crippen LogP contribution < -0.4 is 20.7 Å². The Morgan fingerprint density at radius 2 is 1.94 bits per heavy atom. The molecule has 0 bridgehead atoms. The third-order valence-electron chi connectivity index (χ3n) is 6.01. The monoisotopic (exact) mass is 431 g/mol. The molecule has 0 spiro atoms. The minimum atomic E-state index is -0.405. The van der Waals surface area contributed by atoms with Gasteiger partial charge < -0.3 is 20.1 Å². The number of nitrogens with one attached hydrogen (secondary N) is 3. The van der Waals surface area contributed by atoms with Crippen molar-refractivity contribution in [2.24, 2.45) is 0 Å². The number of amides is 2. The topological polar surface area (TPSA) is 95.2 Å². The minimum Gasteiger partial charge on any atom is -0.490 e. The molecule has 2 amide bonds. The molecule has 9 heteroatoms. The first-order valence-electron chi connectivity index (χ1n) is 11.3. The van der Waals surface area contributed by atoms with E-state index >= 15 is 0 Å². The van der Waals surface area contributed by atoms with Gasteiger partial charge in [0.15, 0.2) is 0 Å². The fourth-order valence-electron chi connectivity index (χ4n) is 4.37. The molecular formula is C22H33N5O4. The molecule has 0 saturated carbocycles. The molecule has 3 aliphatic heterocycles. The summed E-state index contributed by atoms with van der Waals surface area (Å²) in [5, 5.41) is 9.21. The lowest BCUT2D eigenvalue weighted by atomic mass is 10.1. The summed E-state index contributed by atoms with van der Waals surface area (Å²) >= 11 is 0. The highest BCUT2D eigenvalue weighted by Crippen LogP contribution is 2.24. The number of carbonyl (C=O) groups is 2. The molecule has 1 aromatic rings. The van der Waals surface area contributed by atoms with Crippen LogP contribution in [0.4, 0.5) is 5.69 Å². The quantitative estimate of drug-likeness (QED) is 0.554. The van der Waals surface area contributed by atoms with E-state index in [1.807, 2.05) is 24.3 Å². The Morgan fingerprint density at radius 1 is 1.16 bits per heavy atom. The van der Waals surface area contributed by atoms with Crippen LogP contribution in [0, 0.1) is 0 Å². The van der Waals surface area contributed by atoms with Crippen molar-refractivity contribution in [3.05, 3.63) is 24.3 Å². The smallest absolute Gasteiger partial charge is 0.227 e. The Bertz CT molecular complexity index is 749. The molecule has 0 aliphatic carbocycles. The molecule has 1 aromatic carbocycles. The van der Waals surface area contributed by atoms with Crippen LogP contribution in [0.15, 0.2) is 24.3 Å². The highest BCUT2D eigenvalue weighted by atomic mass is 16.5. The van der Waals surface area contributed by atoms with Crippen LogP contribution >= 0.6 is 0 Å². The van der Waals surface area contributed by atoms with E-state index in [0.717, 1.165) is 32.7 Å². The molecule has 31 heavy (non-hydrogen) atoms. The normalized spacial score (nSPS) is 25.2. The number of hydrogen-bond donors (Lipinski definition) is 3. The number of nitrogens with zero attached hydrogens (tertiary/aromatic N) is 2. The van der Waals surface area contributed by atoms with E-state index in [-0.39, 0.29) is 24.4 Å².